The lowest BCUT2D eigenvalue weighted by molar-refractivity contribution is 0.0936. The monoisotopic (exact) mass is 370 g/mol. The van der Waals surface area contributed by atoms with Crippen molar-refractivity contribution < 1.29 is 18.1 Å². The van der Waals surface area contributed by atoms with Crippen molar-refractivity contribution in [2.45, 2.75) is 32.2 Å². The second kappa shape index (κ2) is 6.86. The van der Waals surface area contributed by atoms with Crippen LogP contribution in [0.5, 0.6) is 0 Å². The summed E-state index contributed by atoms with van der Waals surface area (Å²) in [6.45, 7) is 1.75. The number of carbonyl (C=O) groups is 1. The van der Waals surface area contributed by atoms with Gasteiger partial charge in [-0.1, -0.05) is 11.2 Å². The molecule has 2 aromatic heterocycles. The van der Waals surface area contributed by atoms with Crippen LogP contribution in [0, 0.1) is 6.92 Å². The number of nitrogens with one attached hydrogen (secondary N) is 1. The summed E-state index contributed by atoms with van der Waals surface area (Å²) in [5.74, 6) is 0.629. The quantitative estimate of drug-likeness (QED) is 0.756. The Kier molecular flexibility index (Phi) is 4.39. The van der Waals surface area contributed by atoms with Gasteiger partial charge in [0.25, 0.3) is 18.2 Å². The summed E-state index contributed by atoms with van der Waals surface area (Å²) in [6.07, 6.45) is 0.0363. The Bertz CT molecular complexity index is 1000. The number of halogens is 2. The molecule has 6 nitrogen and oxygen atoms in total. The van der Waals surface area contributed by atoms with Gasteiger partial charge in [0.2, 0.25) is 0 Å². The van der Waals surface area contributed by atoms with Crippen LogP contribution in [0.1, 0.15) is 51.9 Å². The van der Waals surface area contributed by atoms with Gasteiger partial charge < -0.3 is 9.84 Å². The van der Waals surface area contributed by atoms with E-state index in [-0.39, 0.29) is 11.6 Å². The minimum absolute atomic E-state index is 0.172. The van der Waals surface area contributed by atoms with Gasteiger partial charge in [0.15, 0.2) is 5.82 Å². The molecule has 1 N–H and O–H groups in total. The zero-order valence-electron chi connectivity index (χ0n) is 14.4. The first-order valence-corrected chi connectivity index (χ1v) is 8.50. The molecule has 0 radical (unpaired) electrons. The van der Waals surface area contributed by atoms with Gasteiger partial charge in [-0.3, -0.25) is 9.78 Å². The van der Waals surface area contributed by atoms with Crippen molar-refractivity contribution in [3.63, 3.8) is 0 Å². The van der Waals surface area contributed by atoms with Crippen LogP contribution in [0.15, 0.2) is 41.1 Å². The SMILES string of the molecule is Cc1noc(-c2ccc3c(c2)CC[C@H]3NC(=O)c2ccnc(C(F)F)c2)n1. The average Bonchev–Trinajstić information content (AvgIpc) is 3.28. The number of aromatic nitrogens is 3. The number of carbonyl (C=O) groups excluding carboxylic acids is 1. The van der Waals surface area contributed by atoms with E-state index < -0.39 is 18.0 Å². The summed E-state index contributed by atoms with van der Waals surface area (Å²) in [5.41, 5.74) is 2.70. The third kappa shape index (κ3) is 3.42. The fraction of sp³-hybridized carbons (Fsp3) is 0.263. The number of fused-ring (bicyclic) bond motifs is 1. The maximum Gasteiger partial charge on any atom is 0.280 e. The summed E-state index contributed by atoms with van der Waals surface area (Å²) in [5, 5.41) is 6.71. The number of benzene rings is 1. The molecule has 0 saturated carbocycles. The second-order valence-corrected chi connectivity index (χ2v) is 6.40. The van der Waals surface area contributed by atoms with E-state index in [9.17, 15) is 13.6 Å². The minimum Gasteiger partial charge on any atom is -0.345 e. The number of aryl methyl sites for hydroxylation is 2. The molecule has 0 saturated heterocycles. The lowest BCUT2D eigenvalue weighted by Crippen LogP contribution is -2.27. The molecular weight excluding hydrogens is 354 g/mol. The molecule has 1 amide bonds. The van der Waals surface area contributed by atoms with Gasteiger partial charge in [-0.15, -0.1) is 0 Å². The van der Waals surface area contributed by atoms with Gasteiger partial charge >= 0.3 is 0 Å². The standard InChI is InChI=1S/C19H16F2N4O2/c1-10-23-19(27-25-10)13-2-4-14-11(8-13)3-5-15(14)24-18(26)12-6-7-22-16(9-12)17(20)21/h2,4,6-9,15,17H,3,5H2,1H3,(H,24,26)/t15-/m1/s1. The van der Waals surface area contributed by atoms with Crippen LogP contribution < -0.4 is 5.32 Å². The third-order valence-electron chi connectivity index (χ3n) is 4.57. The Labute approximate surface area is 153 Å². The molecule has 1 aliphatic rings. The highest BCUT2D eigenvalue weighted by atomic mass is 19.3. The second-order valence-electron chi connectivity index (χ2n) is 6.40. The van der Waals surface area contributed by atoms with E-state index in [2.05, 4.69) is 20.4 Å². The van der Waals surface area contributed by atoms with Gasteiger partial charge in [-0.2, -0.15) is 4.98 Å². The zero-order chi connectivity index (χ0) is 19.0. The maximum atomic E-state index is 12.8. The highest BCUT2D eigenvalue weighted by Crippen LogP contribution is 2.34. The molecule has 0 spiro atoms. The molecule has 1 aromatic carbocycles. The Morgan fingerprint density at radius 1 is 1.30 bits per heavy atom. The first-order chi connectivity index (χ1) is 13.0. The number of pyridine rings is 1. The van der Waals surface area contributed by atoms with Crippen molar-refractivity contribution in [3.8, 4) is 11.5 Å². The highest BCUT2D eigenvalue weighted by Gasteiger charge is 2.25. The topological polar surface area (TPSA) is 80.9 Å². The van der Waals surface area contributed by atoms with E-state index >= 15 is 0 Å². The largest absolute Gasteiger partial charge is 0.345 e. The van der Waals surface area contributed by atoms with Crippen molar-refractivity contribution >= 4 is 5.91 Å². The molecule has 4 rings (SSSR count). The van der Waals surface area contributed by atoms with E-state index in [4.69, 9.17) is 4.52 Å². The van der Waals surface area contributed by atoms with E-state index in [1.54, 1.807) is 6.92 Å². The van der Waals surface area contributed by atoms with Gasteiger partial charge in [-0.25, -0.2) is 8.78 Å². The van der Waals surface area contributed by atoms with Crippen molar-refractivity contribution in [3.05, 3.63) is 64.7 Å². The lowest BCUT2D eigenvalue weighted by Gasteiger charge is -2.14. The molecule has 27 heavy (non-hydrogen) atoms. The molecule has 0 fully saturated rings. The number of amides is 1. The van der Waals surface area contributed by atoms with Crippen LogP contribution >= 0.6 is 0 Å². The zero-order valence-corrected chi connectivity index (χ0v) is 14.4. The summed E-state index contributed by atoms with van der Waals surface area (Å²) in [6, 6.07) is 8.16. The normalized spacial score (nSPS) is 15.8. The average molecular weight is 370 g/mol. The van der Waals surface area contributed by atoms with E-state index in [1.165, 1.54) is 12.3 Å². The van der Waals surface area contributed by atoms with Crippen LogP contribution in [0.3, 0.4) is 0 Å². The summed E-state index contributed by atoms with van der Waals surface area (Å²) in [7, 11) is 0. The predicted molar refractivity (Wildman–Crippen MR) is 92.2 cm³/mol. The Balaban J connectivity index is 1.53. The lowest BCUT2D eigenvalue weighted by atomic mass is 10.0. The smallest absolute Gasteiger partial charge is 0.280 e. The van der Waals surface area contributed by atoms with Crippen LogP contribution in [0.2, 0.25) is 0 Å². The molecule has 2 heterocycles. The van der Waals surface area contributed by atoms with Gasteiger partial charge in [0.1, 0.15) is 5.69 Å². The Hall–Kier alpha value is -3.16. The molecular formula is C19H16F2N4O2. The molecule has 3 aromatic rings. The van der Waals surface area contributed by atoms with Gasteiger partial charge in [0.05, 0.1) is 6.04 Å². The fourth-order valence-corrected chi connectivity index (χ4v) is 3.27. The molecule has 0 aliphatic heterocycles. The van der Waals surface area contributed by atoms with Crippen LogP contribution in [0.4, 0.5) is 8.78 Å². The summed E-state index contributed by atoms with van der Waals surface area (Å²) >= 11 is 0. The Morgan fingerprint density at radius 2 is 2.15 bits per heavy atom. The number of hydrogen-bond donors (Lipinski definition) is 1. The fourth-order valence-electron chi connectivity index (χ4n) is 3.27. The maximum absolute atomic E-state index is 12.8. The molecule has 8 heteroatoms. The van der Waals surface area contributed by atoms with Crippen LogP contribution in [-0.2, 0) is 6.42 Å². The number of nitrogens with zero attached hydrogens (tertiary/aromatic N) is 3. The van der Waals surface area contributed by atoms with Crippen LogP contribution in [0.25, 0.3) is 11.5 Å². The molecule has 0 bridgehead atoms. The number of hydrogen-bond acceptors (Lipinski definition) is 5. The molecule has 1 aliphatic carbocycles. The van der Waals surface area contributed by atoms with Crippen molar-refractivity contribution in [2.75, 3.05) is 0 Å². The highest BCUT2D eigenvalue weighted by molar-refractivity contribution is 5.94. The van der Waals surface area contributed by atoms with Crippen molar-refractivity contribution in [1.82, 2.24) is 20.4 Å². The first-order valence-electron chi connectivity index (χ1n) is 8.50. The number of rotatable bonds is 4. The summed E-state index contributed by atoms with van der Waals surface area (Å²) < 4.78 is 30.8. The van der Waals surface area contributed by atoms with E-state index in [1.807, 2.05) is 18.2 Å². The molecule has 138 valence electrons. The predicted octanol–water partition coefficient (Wildman–Crippen LogP) is 3.79. The third-order valence-corrected chi connectivity index (χ3v) is 4.57. The van der Waals surface area contributed by atoms with Gasteiger partial charge in [0, 0.05) is 17.3 Å². The molecule has 1 atom stereocenters. The van der Waals surface area contributed by atoms with Crippen LogP contribution in [-0.4, -0.2) is 21.0 Å². The Morgan fingerprint density at radius 3 is 2.89 bits per heavy atom. The van der Waals surface area contributed by atoms with Crippen molar-refractivity contribution in [1.29, 1.82) is 0 Å². The van der Waals surface area contributed by atoms with Crippen molar-refractivity contribution in [2.24, 2.45) is 0 Å². The van der Waals surface area contributed by atoms with E-state index in [0.717, 1.165) is 35.6 Å². The number of alkyl halides is 2. The minimum atomic E-state index is -2.71. The van der Waals surface area contributed by atoms with Gasteiger partial charge in [-0.05, 0) is 55.2 Å². The van der Waals surface area contributed by atoms with E-state index in [0.29, 0.717) is 11.7 Å². The summed E-state index contributed by atoms with van der Waals surface area (Å²) in [4.78, 5) is 20.3. The molecule has 0 unspecified atom stereocenters. The first kappa shape index (κ1) is 17.3.